The van der Waals surface area contributed by atoms with Gasteiger partial charge in [0.2, 0.25) is 5.91 Å². The van der Waals surface area contributed by atoms with Crippen LogP contribution in [0.15, 0.2) is 47.0 Å². The molecule has 4 rings (SSSR count). The van der Waals surface area contributed by atoms with Crippen LogP contribution in [0.4, 0.5) is 5.69 Å². The zero-order valence-corrected chi connectivity index (χ0v) is 18.6. The third-order valence-electron chi connectivity index (χ3n) is 5.68. The van der Waals surface area contributed by atoms with Crippen LogP contribution in [0.5, 0.6) is 0 Å². The van der Waals surface area contributed by atoms with Crippen LogP contribution in [0.3, 0.4) is 0 Å². The minimum atomic E-state index is -0.0333. The van der Waals surface area contributed by atoms with Crippen molar-refractivity contribution in [1.82, 2.24) is 19.9 Å². The molecule has 1 fully saturated rings. The Labute approximate surface area is 187 Å². The highest BCUT2D eigenvalue weighted by Crippen LogP contribution is 2.20. The van der Waals surface area contributed by atoms with Gasteiger partial charge in [0.15, 0.2) is 5.82 Å². The van der Waals surface area contributed by atoms with Gasteiger partial charge in [-0.25, -0.2) is 0 Å². The first-order valence-electron chi connectivity index (χ1n) is 10.7. The molecule has 0 aliphatic carbocycles. The van der Waals surface area contributed by atoms with E-state index in [4.69, 9.17) is 4.52 Å². The van der Waals surface area contributed by atoms with E-state index in [0.717, 1.165) is 22.4 Å². The van der Waals surface area contributed by atoms with Gasteiger partial charge in [0, 0.05) is 43.0 Å². The summed E-state index contributed by atoms with van der Waals surface area (Å²) < 4.78 is 5.17. The number of anilines is 1. The van der Waals surface area contributed by atoms with Crippen molar-refractivity contribution in [2.75, 3.05) is 38.0 Å². The summed E-state index contributed by atoms with van der Waals surface area (Å²) in [4.78, 5) is 33.5. The maximum atomic E-state index is 12.9. The number of rotatable bonds is 5. The van der Waals surface area contributed by atoms with E-state index in [1.54, 1.807) is 19.1 Å². The molecule has 0 radical (unpaired) electrons. The number of amides is 2. The number of carbonyl (C=O) groups is 2. The van der Waals surface area contributed by atoms with E-state index in [-0.39, 0.29) is 11.8 Å². The molecule has 1 aromatic heterocycles. The van der Waals surface area contributed by atoms with E-state index in [9.17, 15) is 9.59 Å². The molecule has 2 aromatic carbocycles. The lowest BCUT2D eigenvalue weighted by atomic mass is 10.1. The summed E-state index contributed by atoms with van der Waals surface area (Å²) in [6.07, 6.45) is 0. The van der Waals surface area contributed by atoms with Crippen molar-refractivity contribution < 1.29 is 14.1 Å². The van der Waals surface area contributed by atoms with E-state index >= 15 is 0 Å². The smallest absolute Gasteiger partial charge is 0.257 e. The van der Waals surface area contributed by atoms with E-state index in [0.29, 0.717) is 50.0 Å². The van der Waals surface area contributed by atoms with Crippen molar-refractivity contribution in [3.63, 3.8) is 0 Å². The van der Waals surface area contributed by atoms with E-state index < -0.39 is 0 Å². The summed E-state index contributed by atoms with van der Waals surface area (Å²) >= 11 is 0. The predicted molar refractivity (Wildman–Crippen MR) is 121 cm³/mol. The Morgan fingerprint density at radius 2 is 1.62 bits per heavy atom. The molecule has 166 valence electrons. The van der Waals surface area contributed by atoms with E-state index in [1.807, 2.05) is 49.1 Å². The fraction of sp³-hybridized carbons (Fsp3) is 0.333. The Bertz CT molecular complexity index is 1090. The van der Waals surface area contributed by atoms with Crippen LogP contribution in [0.25, 0.3) is 11.5 Å². The maximum Gasteiger partial charge on any atom is 0.257 e. The molecule has 0 unspecified atom stereocenters. The molecule has 1 aliphatic rings. The van der Waals surface area contributed by atoms with Crippen LogP contribution >= 0.6 is 0 Å². The second kappa shape index (κ2) is 9.32. The highest BCUT2D eigenvalue weighted by molar-refractivity contribution is 5.95. The molecule has 1 saturated heterocycles. The fourth-order valence-electron chi connectivity index (χ4n) is 3.86. The maximum absolute atomic E-state index is 12.9. The molecule has 2 heterocycles. The number of aryl methyl sites for hydroxylation is 3. The normalized spacial score (nSPS) is 14.4. The van der Waals surface area contributed by atoms with E-state index in [2.05, 4.69) is 20.4 Å². The Kier molecular flexibility index (Phi) is 6.32. The van der Waals surface area contributed by atoms with Gasteiger partial charge in [-0.15, -0.1) is 0 Å². The molecule has 8 heteroatoms. The Hall–Kier alpha value is -3.52. The molecule has 0 saturated carbocycles. The predicted octanol–water partition coefficient (Wildman–Crippen LogP) is 3.06. The molecule has 3 aromatic rings. The number of para-hydroxylation sites is 1. The van der Waals surface area contributed by atoms with Crippen molar-refractivity contribution in [2.45, 2.75) is 20.8 Å². The van der Waals surface area contributed by atoms with Gasteiger partial charge in [-0.2, -0.15) is 4.98 Å². The van der Waals surface area contributed by atoms with Crippen LogP contribution in [-0.4, -0.2) is 64.5 Å². The Morgan fingerprint density at radius 3 is 2.22 bits per heavy atom. The lowest BCUT2D eigenvalue weighted by Gasteiger charge is -2.34. The summed E-state index contributed by atoms with van der Waals surface area (Å²) in [6.45, 7) is 8.54. The number of aromatic nitrogens is 2. The second-order valence-electron chi connectivity index (χ2n) is 8.11. The minimum Gasteiger partial charge on any atom is -0.336 e. The monoisotopic (exact) mass is 433 g/mol. The molecule has 2 amide bonds. The number of nitrogens with zero attached hydrogens (tertiary/aromatic N) is 4. The summed E-state index contributed by atoms with van der Waals surface area (Å²) in [5.41, 5.74) is 4.38. The standard InChI is InChI=1S/C24H27N5O3/c1-16-5-4-6-17(2)22(16)26-21(30)15-28-11-13-29(14-12-28)24(31)20-9-7-19(8-10-20)23-25-18(3)27-32-23/h4-10H,11-15H2,1-3H3,(H,26,30). The quantitative estimate of drug-likeness (QED) is 0.665. The van der Waals surface area contributed by atoms with Gasteiger partial charge in [-0.3, -0.25) is 14.5 Å². The largest absolute Gasteiger partial charge is 0.336 e. The van der Waals surface area contributed by atoms with Crippen molar-refractivity contribution in [3.05, 3.63) is 65.0 Å². The van der Waals surface area contributed by atoms with Crippen molar-refractivity contribution >= 4 is 17.5 Å². The summed E-state index contributed by atoms with van der Waals surface area (Å²) in [7, 11) is 0. The Balaban J connectivity index is 1.29. The van der Waals surface area contributed by atoms with Gasteiger partial charge in [0.25, 0.3) is 11.8 Å². The first-order chi connectivity index (χ1) is 15.4. The van der Waals surface area contributed by atoms with Gasteiger partial charge in [-0.05, 0) is 56.2 Å². The highest BCUT2D eigenvalue weighted by atomic mass is 16.5. The van der Waals surface area contributed by atoms with Gasteiger partial charge in [-0.1, -0.05) is 23.4 Å². The van der Waals surface area contributed by atoms with Gasteiger partial charge in [0.05, 0.1) is 6.54 Å². The molecule has 32 heavy (non-hydrogen) atoms. The van der Waals surface area contributed by atoms with Crippen LogP contribution in [-0.2, 0) is 4.79 Å². The van der Waals surface area contributed by atoms with Crippen molar-refractivity contribution in [2.24, 2.45) is 0 Å². The van der Waals surface area contributed by atoms with Gasteiger partial charge < -0.3 is 14.7 Å². The second-order valence-corrected chi connectivity index (χ2v) is 8.11. The molecular weight excluding hydrogens is 406 g/mol. The third-order valence-corrected chi connectivity index (χ3v) is 5.68. The molecule has 0 spiro atoms. The molecule has 1 N–H and O–H groups in total. The summed E-state index contributed by atoms with van der Waals surface area (Å²) in [5.74, 6) is 0.960. The summed E-state index contributed by atoms with van der Waals surface area (Å²) in [5, 5.41) is 6.82. The molecule has 1 aliphatic heterocycles. The first-order valence-corrected chi connectivity index (χ1v) is 10.7. The average molecular weight is 434 g/mol. The highest BCUT2D eigenvalue weighted by Gasteiger charge is 2.23. The Morgan fingerprint density at radius 1 is 0.969 bits per heavy atom. The average Bonchev–Trinajstić information content (AvgIpc) is 3.23. The SMILES string of the molecule is Cc1noc(-c2ccc(C(=O)N3CCN(CC(=O)Nc4c(C)cccc4C)CC3)cc2)n1. The van der Waals surface area contributed by atoms with Crippen molar-refractivity contribution in [1.29, 1.82) is 0 Å². The van der Waals surface area contributed by atoms with Crippen LogP contribution < -0.4 is 5.32 Å². The number of nitrogens with one attached hydrogen (secondary N) is 1. The fourth-order valence-corrected chi connectivity index (χ4v) is 3.86. The lowest BCUT2D eigenvalue weighted by Crippen LogP contribution is -2.50. The number of carbonyl (C=O) groups excluding carboxylic acids is 2. The zero-order chi connectivity index (χ0) is 22.7. The zero-order valence-electron chi connectivity index (χ0n) is 18.6. The molecular formula is C24H27N5O3. The number of benzene rings is 2. The van der Waals surface area contributed by atoms with Crippen LogP contribution in [0, 0.1) is 20.8 Å². The third kappa shape index (κ3) is 4.86. The molecule has 0 atom stereocenters. The molecule has 0 bridgehead atoms. The minimum absolute atomic E-state index is 0.0158. The van der Waals surface area contributed by atoms with Crippen LogP contribution in [0.2, 0.25) is 0 Å². The summed E-state index contributed by atoms with van der Waals surface area (Å²) in [6, 6.07) is 13.1. The van der Waals surface area contributed by atoms with Crippen molar-refractivity contribution in [3.8, 4) is 11.5 Å². The topological polar surface area (TPSA) is 91.6 Å². The number of hydrogen-bond donors (Lipinski definition) is 1. The van der Waals surface area contributed by atoms with E-state index in [1.165, 1.54) is 0 Å². The first kappa shape index (κ1) is 21.7. The number of piperazine rings is 1. The molecule has 8 nitrogen and oxygen atoms in total. The lowest BCUT2D eigenvalue weighted by molar-refractivity contribution is -0.117. The van der Waals surface area contributed by atoms with Gasteiger partial charge in [0.1, 0.15) is 0 Å². The van der Waals surface area contributed by atoms with Gasteiger partial charge >= 0.3 is 0 Å². The van der Waals surface area contributed by atoms with Crippen LogP contribution in [0.1, 0.15) is 27.3 Å². The number of hydrogen-bond acceptors (Lipinski definition) is 6.